The van der Waals surface area contributed by atoms with Crippen LogP contribution in [-0.4, -0.2) is 88.1 Å². The summed E-state index contributed by atoms with van der Waals surface area (Å²) < 4.78 is 32.6. The summed E-state index contributed by atoms with van der Waals surface area (Å²) in [5.41, 5.74) is 5.32. The summed E-state index contributed by atoms with van der Waals surface area (Å²) >= 11 is 0. The van der Waals surface area contributed by atoms with Gasteiger partial charge in [-0.2, -0.15) is 0 Å². The number of hydrogen-bond acceptors (Lipinski definition) is 12. The van der Waals surface area contributed by atoms with Crippen LogP contribution in [0.25, 0.3) is 0 Å². The maximum atomic E-state index is 12.7. The summed E-state index contributed by atoms with van der Waals surface area (Å²) in [6, 6.07) is -1.56. The summed E-state index contributed by atoms with van der Waals surface area (Å²) in [4.78, 5) is 58.7. The Kier molecular flexibility index (Phi) is 31.2. The van der Waals surface area contributed by atoms with E-state index in [2.05, 4.69) is 30.5 Å². The van der Waals surface area contributed by atoms with Gasteiger partial charge >= 0.3 is 25.7 Å². The highest BCUT2D eigenvalue weighted by Crippen LogP contribution is 2.43. The first-order valence-electron chi connectivity index (χ1n) is 22.1. The molecular weight excluding hydrogens is 781 g/mol. The first-order chi connectivity index (χ1) is 28.3. The van der Waals surface area contributed by atoms with Gasteiger partial charge < -0.3 is 35.4 Å². The van der Waals surface area contributed by atoms with E-state index >= 15 is 0 Å². The predicted octanol–water partition coefficient (Wildman–Crippen LogP) is 8.20. The summed E-state index contributed by atoms with van der Waals surface area (Å²) in [6.45, 7) is 2.40. The van der Waals surface area contributed by atoms with Gasteiger partial charge in [-0.15, -0.1) is 0 Å². The van der Waals surface area contributed by atoms with Crippen molar-refractivity contribution in [3.8, 4) is 0 Å². The van der Waals surface area contributed by atoms with Crippen molar-refractivity contribution in [2.24, 2.45) is 17.6 Å². The number of aliphatic carboxylic acids is 1. The van der Waals surface area contributed by atoms with Gasteiger partial charge in [-0.1, -0.05) is 121 Å². The largest absolute Gasteiger partial charge is 0.480 e. The Balaban J connectivity index is 2.51. The molecule has 1 saturated carbocycles. The quantitative estimate of drug-likeness (QED) is 0.0172. The second-order valence-electron chi connectivity index (χ2n) is 15.6. The first kappa shape index (κ1) is 54.3. The Morgan fingerprint density at radius 1 is 0.780 bits per heavy atom. The Morgan fingerprint density at radius 2 is 1.34 bits per heavy atom. The number of unbranched alkanes of at least 4 members (excludes halogenated alkanes) is 14. The molecule has 1 aliphatic rings. The number of hydrogen-bond donors (Lipinski definition) is 5. The maximum Gasteiger partial charge on any atom is 0.472 e. The number of nitrogens with two attached hydrogens (primary N) is 1. The van der Waals surface area contributed by atoms with Gasteiger partial charge in [-0.25, -0.2) is 4.57 Å². The minimum atomic E-state index is -4.78. The summed E-state index contributed by atoms with van der Waals surface area (Å²) in [5.74, 6) is -3.41. The van der Waals surface area contributed by atoms with Crippen LogP contribution >= 0.6 is 7.82 Å². The van der Waals surface area contributed by atoms with Gasteiger partial charge in [0.1, 0.15) is 18.4 Å². The fourth-order valence-electron chi connectivity index (χ4n) is 6.63. The average Bonchev–Trinajstić information content (AvgIpc) is 3.47. The fraction of sp³-hybridized carbons (Fsp3) is 0.773. The van der Waals surface area contributed by atoms with Crippen molar-refractivity contribution in [2.75, 3.05) is 19.8 Å². The molecule has 0 aromatic carbocycles. The van der Waals surface area contributed by atoms with E-state index in [0.29, 0.717) is 32.1 Å². The smallest absolute Gasteiger partial charge is 0.472 e. The topological polar surface area (TPSA) is 229 Å². The van der Waals surface area contributed by atoms with Crippen LogP contribution in [0.5, 0.6) is 0 Å². The molecule has 6 N–H and O–H groups in total. The van der Waals surface area contributed by atoms with Gasteiger partial charge in [0.2, 0.25) is 0 Å². The number of phosphoric acid groups is 1. The molecule has 1 unspecified atom stereocenters. The van der Waals surface area contributed by atoms with Crippen molar-refractivity contribution in [1.29, 1.82) is 0 Å². The lowest BCUT2D eigenvalue weighted by Crippen LogP contribution is -2.34. The van der Waals surface area contributed by atoms with Crippen LogP contribution in [0.1, 0.15) is 162 Å². The van der Waals surface area contributed by atoms with Gasteiger partial charge in [0, 0.05) is 31.1 Å². The highest BCUT2D eigenvalue weighted by molar-refractivity contribution is 7.47. The van der Waals surface area contributed by atoms with E-state index in [4.69, 9.17) is 24.8 Å². The SMILES string of the molecule is CCCCCC/C=C\CCCCCCCCCC(=O)O[C@H](COC(=O)CCC/C=C\C[C@H]1C(=O)C[C@@H](O)[C@@H]1/C=C/[C@@H](O)CCCCC)COP(=O)(O)OC[C@H](N)C(=O)O. The number of Topliss-reactive ketones (excluding diaryl/α,β-unsaturated/α-hetero) is 1. The molecule has 14 nitrogen and oxygen atoms in total. The molecular formula is C44H76NO13P. The Bertz CT molecular complexity index is 1310. The van der Waals surface area contributed by atoms with Crippen molar-refractivity contribution in [1.82, 2.24) is 0 Å². The number of aliphatic hydroxyl groups excluding tert-OH is 2. The lowest BCUT2D eigenvalue weighted by atomic mass is 9.90. The molecule has 15 heteroatoms. The third-order valence-corrected chi connectivity index (χ3v) is 11.2. The van der Waals surface area contributed by atoms with Gasteiger partial charge in [0.05, 0.1) is 25.4 Å². The molecule has 1 rings (SSSR count). The highest BCUT2D eigenvalue weighted by Gasteiger charge is 2.39. The van der Waals surface area contributed by atoms with Crippen molar-refractivity contribution < 1.29 is 62.5 Å². The number of aliphatic hydroxyl groups is 2. The van der Waals surface area contributed by atoms with Crippen molar-refractivity contribution in [2.45, 2.75) is 186 Å². The van der Waals surface area contributed by atoms with Crippen LogP contribution in [0.2, 0.25) is 0 Å². The normalized spacial score (nSPS) is 19.7. The van der Waals surface area contributed by atoms with E-state index in [9.17, 15) is 38.8 Å². The number of ether oxygens (including phenoxy) is 2. The summed E-state index contributed by atoms with van der Waals surface area (Å²) in [7, 11) is -4.78. The number of carboxylic acid groups (broad SMARTS) is 1. The standard InChI is InChI=1S/C44H76NO13P/c1-3-5-7-8-9-10-11-12-13-14-15-16-17-18-24-28-43(50)58-36(33-56-59(53,54)57-34-39(45)44(51)52)32-55-42(49)27-23-20-19-22-26-37-38(41(48)31-40(37)47)30-29-35(46)25-21-6-4-2/h10-11,19,22,29-30,35-39,41,46,48H,3-9,12-18,20-21,23-28,31-34,45H2,1-2H3,(H,51,52)(H,53,54)/b11-10-,22-19-,30-29+/t35-,36+,37+,38+,39-,41+/m0/s1. The zero-order valence-corrected chi connectivity index (χ0v) is 36.7. The van der Waals surface area contributed by atoms with Crippen LogP contribution in [0.4, 0.5) is 0 Å². The Morgan fingerprint density at radius 3 is 2.00 bits per heavy atom. The number of phosphoric ester groups is 1. The number of carboxylic acids is 1. The molecule has 59 heavy (non-hydrogen) atoms. The van der Waals surface area contributed by atoms with Crippen LogP contribution in [0.15, 0.2) is 36.5 Å². The van der Waals surface area contributed by atoms with Crippen LogP contribution < -0.4 is 5.73 Å². The minimum Gasteiger partial charge on any atom is -0.480 e. The molecule has 0 saturated heterocycles. The van der Waals surface area contributed by atoms with Crippen LogP contribution in [-0.2, 0) is 42.3 Å². The zero-order valence-electron chi connectivity index (χ0n) is 35.8. The van der Waals surface area contributed by atoms with Gasteiger partial charge in [0.15, 0.2) is 6.10 Å². The molecule has 0 aromatic rings. The minimum absolute atomic E-state index is 0.0265. The molecule has 1 aliphatic carbocycles. The second-order valence-corrected chi connectivity index (χ2v) is 17.1. The van der Waals surface area contributed by atoms with Crippen molar-refractivity contribution >= 4 is 31.5 Å². The average molecular weight is 858 g/mol. The number of rotatable bonds is 37. The van der Waals surface area contributed by atoms with E-state index in [0.717, 1.165) is 57.8 Å². The molecule has 0 bridgehead atoms. The third-order valence-electron chi connectivity index (χ3n) is 10.2. The van der Waals surface area contributed by atoms with Crippen LogP contribution in [0.3, 0.4) is 0 Å². The lowest BCUT2D eigenvalue weighted by Gasteiger charge is -2.20. The lowest BCUT2D eigenvalue weighted by molar-refractivity contribution is -0.161. The highest BCUT2D eigenvalue weighted by atomic mass is 31.2. The number of allylic oxidation sites excluding steroid dienone is 4. The molecule has 0 aromatic heterocycles. The predicted molar refractivity (Wildman–Crippen MR) is 227 cm³/mol. The summed E-state index contributed by atoms with van der Waals surface area (Å²) in [6.07, 6.45) is 28.6. The molecule has 0 spiro atoms. The number of carbonyl (C=O) groups excluding carboxylic acids is 3. The number of esters is 2. The third kappa shape index (κ3) is 28.4. The van der Waals surface area contributed by atoms with E-state index < -0.39 is 75.8 Å². The fourth-order valence-corrected chi connectivity index (χ4v) is 7.41. The van der Waals surface area contributed by atoms with Gasteiger partial charge in [0.25, 0.3) is 0 Å². The molecule has 340 valence electrons. The number of ketones is 1. The van der Waals surface area contributed by atoms with Crippen molar-refractivity contribution in [3.63, 3.8) is 0 Å². The first-order valence-corrected chi connectivity index (χ1v) is 23.6. The van der Waals surface area contributed by atoms with E-state index in [1.165, 1.54) is 38.5 Å². The monoisotopic (exact) mass is 858 g/mol. The molecule has 0 amide bonds. The van der Waals surface area contributed by atoms with E-state index in [1.54, 1.807) is 12.2 Å². The van der Waals surface area contributed by atoms with Crippen LogP contribution in [0, 0.1) is 11.8 Å². The summed E-state index contributed by atoms with van der Waals surface area (Å²) in [5, 5.41) is 29.6. The molecule has 0 heterocycles. The second kappa shape index (κ2) is 33.9. The zero-order chi connectivity index (χ0) is 43.7. The van der Waals surface area contributed by atoms with Gasteiger partial charge in [-0.3, -0.25) is 28.2 Å². The van der Waals surface area contributed by atoms with E-state index in [1.807, 2.05) is 12.2 Å². The van der Waals surface area contributed by atoms with Crippen molar-refractivity contribution in [3.05, 3.63) is 36.5 Å². The molecule has 0 radical (unpaired) electrons. The molecule has 0 aliphatic heterocycles. The number of carbonyl (C=O) groups is 4. The Labute approximate surface area is 353 Å². The maximum absolute atomic E-state index is 12.7. The van der Waals surface area contributed by atoms with Gasteiger partial charge in [-0.05, 0) is 57.8 Å². The molecule has 1 fully saturated rings. The Hall–Kier alpha value is -2.71. The molecule has 7 atom stereocenters. The van der Waals surface area contributed by atoms with E-state index in [-0.39, 0.29) is 31.0 Å².